The van der Waals surface area contributed by atoms with Crippen LogP contribution in [0.25, 0.3) is 0 Å². The molecular weight excluding hydrogens is 180 g/mol. The number of carboxylic acids is 1. The third-order valence-electron chi connectivity index (χ3n) is 4.98. The molecule has 2 fully saturated rings. The summed E-state index contributed by atoms with van der Waals surface area (Å²) in [6, 6.07) is 0. The van der Waals surface area contributed by atoms with Crippen molar-refractivity contribution in [3.8, 4) is 0 Å². The summed E-state index contributed by atoms with van der Waals surface area (Å²) in [5, 5.41) is 18.9. The van der Waals surface area contributed by atoms with Gasteiger partial charge in [0.2, 0.25) is 0 Å². The van der Waals surface area contributed by atoms with Crippen molar-refractivity contribution in [2.45, 2.75) is 45.6 Å². The van der Waals surface area contributed by atoms with E-state index in [1.165, 1.54) is 0 Å². The number of hydrogen-bond acceptors (Lipinski definition) is 2. The number of carboxylic acid groups (broad SMARTS) is 1. The molecule has 2 saturated carbocycles. The first kappa shape index (κ1) is 9.97. The Kier molecular flexibility index (Phi) is 1.94. The van der Waals surface area contributed by atoms with Crippen LogP contribution < -0.4 is 0 Å². The summed E-state index contributed by atoms with van der Waals surface area (Å²) in [6.45, 7) is 4.09. The SMILES string of the molecule is C[C@@]1(CC(=O)O)[C@@H]2CC[C@]1(C)[C@@H](O)C2. The molecule has 0 heterocycles. The highest BCUT2D eigenvalue weighted by atomic mass is 16.4. The normalized spacial score (nSPS) is 51.1. The molecule has 0 unspecified atom stereocenters. The van der Waals surface area contributed by atoms with Gasteiger partial charge in [-0.3, -0.25) is 4.79 Å². The lowest BCUT2D eigenvalue weighted by atomic mass is 9.66. The molecule has 2 bridgehead atoms. The van der Waals surface area contributed by atoms with Crippen molar-refractivity contribution in [2.24, 2.45) is 16.7 Å². The first-order valence-electron chi connectivity index (χ1n) is 5.30. The Hall–Kier alpha value is -0.570. The van der Waals surface area contributed by atoms with Crippen LogP contribution in [0, 0.1) is 16.7 Å². The third kappa shape index (κ3) is 0.991. The van der Waals surface area contributed by atoms with E-state index in [1.54, 1.807) is 0 Å². The predicted molar refractivity (Wildman–Crippen MR) is 51.8 cm³/mol. The molecule has 0 saturated heterocycles. The first-order chi connectivity index (χ1) is 6.40. The maximum atomic E-state index is 10.8. The van der Waals surface area contributed by atoms with Crippen LogP contribution in [0.1, 0.15) is 39.5 Å². The maximum Gasteiger partial charge on any atom is 0.303 e. The minimum absolute atomic E-state index is 0.171. The van der Waals surface area contributed by atoms with Crippen molar-refractivity contribution >= 4 is 5.97 Å². The number of rotatable bonds is 2. The molecule has 0 aromatic rings. The molecule has 4 atom stereocenters. The molecule has 2 aliphatic carbocycles. The van der Waals surface area contributed by atoms with E-state index in [0.29, 0.717) is 5.92 Å². The highest BCUT2D eigenvalue weighted by Gasteiger charge is 2.63. The standard InChI is InChI=1S/C11H18O3/c1-10-4-3-7(5-8(10)12)11(10,2)6-9(13)14/h7-8,12H,3-6H2,1-2H3,(H,13,14)/t7-,8+,10-,11-/m1/s1. The zero-order valence-electron chi connectivity index (χ0n) is 8.79. The Bertz CT molecular complexity index is 276. The molecule has 0 spiro atoms. The van der Waals surface area contributed by atoms with E-state index in [1.807, 2.05) is 13.8 Å². The van der Waals surface area contributed by atoms with Crippen LogP contribution in [0.2, 0.25) is 0 Å². The van der Waals surface area contributed by atoms with Gasteiger partial charge in [0, 0.05) is 0 Å². The number of aliphatic hydroxyl groups excluding tert-OH is 1. The molecule has 2 N–H and O–H groups in total. The number of fused-ring (bicyclic) bond motifs is 2. The molecule has 0 aromatic heterocycles. The highest BCUT2D eigenvalue weighted by molar-refractivity contribution is 5.68. The van der Waals surface area contributed by atoms with Crippen molar-refractivity contribution in [1.82, 2.24) is 0 Å². The van der Waals surface area contributed by atoms with E-state index in [9.17, 15) is 9.90 Å². The summed E-state index contributed by atoms with van der Waals surface area (Å²) in [4.78, 5) is 10.8. The van der Waals surface area contributed by atoms with Gasteiger partial charge in [0.05, 0.1) is 12.5 Å². The van der Waals surface area contributed by atoms with Gasteiger partial charge < -0.3 is 10.2 Å². The fourth-order valence-corrected chi connectivity index (χ4v) is 3.66. The molecule has 2 rings (SSSR count). The Morgan fingerprint density at radius 2 is 2.14 bits per heavy atom. The van der Waals surface area contributed by atoms with E-state index in [2.05, 4.69) is 0 Å². The van der Waals surface area contributed by atoms with E-state index >= 15 is 0 Å². The van der Waals surface area contributed by atoms with Crippen molar-refractivity contribution in [2.75, 3.05) is 0 Å². The number of aliphatic hydroxyl groups is 1. The van der Waals surface area contributed by atoms with Gasteiger partial charge in [0.25, 0.3) is 0 Å². The Morgan fingerprint density at radius 3 is 2.50 bits per heavy atom. The fraction of sp³-hybridized carbons (Fsp3) is 0.909. The first-order valence-corrected chi connectivity index (χ1v) is 5.30. The zero-order chi connectivity index (χ0) is 10.6. The molecule has 0 amide bonds. The molecule has 80 valence electrons. The molecule has 0 aromatic carbocycles. The van der Waals surface area contributed by atoms with Gasteiger partial charge in [-0.05, 0) is 36.0 Å². The van der Waals surface area contributed by atoms with Gasteiger partial charge in [-0.25, -0.2) is 0 Å². The van der Waals surface area contributed by atoms with Crippen LogP contribution in [-0.2, 0) is 4.79 Å². The molecule has 14 heavy (non-hydrogen) atoms. The van der Waals surface area contributed by atoms with Crippen LogP contribution in [0.4, 0.5) is 0 Å². The van der Waals surface area contributed by atoms with Crippen LogP contribution in [0.5, 0.6) is 0 Å². The van der Waals surface area contributed by atoms with E-state index in [0.717, 1.165) is 19.3 Å². The average molecular weight is 198 g/mol. The van der Waals surface area contributed by atoms with Gasteiger partial charge in [0.15, 0.2) is 0 Å². The fourth-order valence-electron chi connectivity index (χ4n) is 3.66. The Morgan fingerprint density at radius 1 is 1.50 bits per heavy atom. The summed E-state index contributed by atoms with van der Waals surface area (Å²) >= 11 is 0. The van der Waals surface area contributed by atoms with E-state index < -0.39 is 5.97 Å². The van der Waals surface area contributed by atoms with E-state index in [-0.39, 0.29) is 23.4 Å². The molecule has 3 heteroatoms. The molecule has 2 aliphatic rings. The van der Waals surface area contributed by atoms with Gasteiger partial charge in [-0.15, -0.1) is 0 Å². The predicted octanol–water partition coefficient (Wildman–Crippen LogP) is 1.65. The van der Waals surface area contributed by atoms with Gasteiger partial charge in [-0.2, -0.15) is 0 Å². The molecular formula is C11H18O3. The second-order valence-corrected chi connectivity index (χ2v) is 5.39. The smallest absolute Gasteiger partial charge is 0.303 e. The second kappa shape index (κ2) is 2.72. The zero-order valence-corrected chi connectivity index (χ0v) is 8.79. The van der Waals surface area contributed by atoms with Crippen LogP contribution in [0.3, 0.4) is 0 Å². The maximum absolute atomic E-state index is 10.8. The number of aliphatic carboxylic acids is 1. The van der Waals surface area contributed by atoms with Gasteiger partial charge in [-0.1, -0.05) is 13.8 Å². The van der Waals surface area contributed by atoms with Crippen molar-refractivity contribution in [1.29, 1.82) is 0 Å². The molecule has 0 radical (unpaired) electrons. The van der Waals surface area contributed by atoms with Crippen LogP contribution in [-0.4, -0.2) is 22.3 Å². The van der Waals surface area contributed by atoms with Crippen molar-refractivity contribution in [3.05, 3.63) is 0 Å². The van der Waals surface area contributed by atoms with E-state index in [4.69, 9.17) is 5.11 Å². The van der Waals surface area contributed by atoms with Crippen molar-refractivity contribution in [3.63, 3.8) is 0 Å². The quantitative estimate of drug-likeness (QED) is 0.709. The Balaban J connectivity index is 2.31. The van der Waals surface area contributed by atoms with Crippen LogP contribution in [0.15, 0.2) is 0 Å². The summed E-state index contributed by atoms with van der Waals surface area (Å²) in [6.07, 6.45) is 2.75. The van der Waals surface area contributed by atoms with Crippen molar-refractivity contribution < 1.29 is 15.0 Å². The van der Waals surface area contributed by atoms with Gasteiger partial charge >= 0.3 is 5.97 Å². The third-order valence-corrected chi connectivity index (χ3v) is 4.98. The minimum atomic E-state index is -0.736. The molecule has 3 nitrogen and oxygen atoms in total. The number of carbonyl (C=O) groups is 1. The lowest BCUT2D eigenvalue weighted by Gasteiger charge is -2.38. The number of hydrogen-bond donors (Lipinski definition) is 2. The average Bonchev–Trinajstić information content (AvgIpc) is 2.37. The summed E-state index contributed by atoms with van der Waals surface area (Å²) < 4.78 is 0. The highest BCUT2D eigenvalue weighted by Crippen LogP contribution is 2.67. The summed E-state index contributed by atoms with van der Waals surface area (Å²) in [5.41, 5.74) is -0.367. The lowest BCUT2D eigenvalue weighted by molar-refractivity contribution is -0.142. The minimum Gasteiger partial charge on any atom is -0.481 e. The second-order valence-electron chi connectivity index (χ2n) is 5.39. The lowest BCUT2D eigenvalue weighted by Crippen LogP contribution is -2.38. The molecule has 0 aliphatic heterocycles. The van der Waals surface area contributed by atoms with Gasteiger partial charge in [0.1, 0.15) is 0 Å². The Labute approximate surface area is 84.1 Å². The monoisotopic (exact) mass is 198 g/mol. The topological polar surface area (TPSA) is 57.5 Å². The summed E-state index contributed by atoms with van der Waals surface area (Å²) in [7, 11) is 0. The van der Waals surface area contributed by atoms with Crippen LogP contribution >= 0.6 is 0 Å². The largest absolute Gasteiger partial charge is 0.481 e. The summed E-state index contributed by atoms with van der Waals surface area (Å²) in [5.74, 6) is -0.335.